The van der Waals surface area contributed by atoms with E-state index in [1.54, 1.807) is 29.4 Å². The van der Waals surface area contributed by atoms with E-state index in [2.05, 4.69) is 24.1 Å². The van der Waals surface area contributed by atoms with Gasteiger partial charge in [-0.05, 0) is 13.3 Å². The fourth-order valence-corrected chi connectivity index (χ4v) is 1.73. The van der Waals surface area contributed by atoms with E-state index in [4.69, 9.17) is 0 Å². The molecule has 0 N–H and O–H groups in total. The Hall–Kier alpha value is -0.541. The SMILES string of the molecule is CP(C)(=C=O)C=C=O.[CH3][Mn][C]1=CC=CC1. The third kappa shape index (κ3) is 7.40. The van der Waals surface area contributed by atoms with Crippen molar-refractivity contribution in [2.24, 2.45) is 0 Å². The molecule has 0 amide bonds. The van der Waals surface area contributed by atoms with Crippen molar-refractivity contribution in [3.05, 3.63) is 28.5 Å². The van der Waals surface area contributed by atoms with Crippen molar-refractivity contribution in [1.82, 2.24) is 0 Å². The summed E-state index contributed by atoms with van der Waals surface area (Å²) in [7, 11) is 0. The monoisotopic (exact) mass is 265 g/mol. The third-order valence-electron chi connectivity index (χ3n) is 1.58. The summed E-state index contributed by atoms with van der Waals surface area (Å²) in [6.07, 6.45) is 7.75. The van der Waals surface area contributed by atoms with Crippen LogP contribution in [0, 0.1) is 0 Å². The Kier molecular flexibility index (Phi) is 7.43. The molecule has 4 heteroatoms. The number of hydrogen-bond donors (Lipinski definition) is 0. The molecule has 1 aliphatic rings. The quantitative estimate of drug-likeness (QED) is 0.437. The summed E-state index contributed by atoms with van der Waals surface area (Å²) in [5.41, 5.74) is 1.79. The maximum atomic E-state index is 9.93. The van der Waals surface area contributed by atoms with Crippen LogP contribution in [-0.2, 0) is 24.5 Å². The van der Waals surface area contributed by atoms with E-state index in [1.165, 1.54) is 12.2 Å². The van der Waals surface area contributed by atoms with Gasteiger partial charge in [0.15, 0.2) is 0 Å². The number of carbonyl (C=O) groups excluding carboxylic acids is 2. The van der Waals surface area contributed by atoms with Crippen LogP contribution >= 0.6 is 6.89 Å². The molecule has 0 atom stereocenters. The van der Waals surface area contributed by atoms with Crippen molar-refractivity contribution in [2.45, 2.75) is 12.2 Å². The Labute approximate surface area is 97.3 Å². The van der Waals surface area contributed by atoms with Crippen molar-refractivity contribution in [3.8, 4) is 0 Å². The average molecular weight is 265 g/mol. The molecular weight excluding hydrogens is 250 g/mol. The Bertz CT molecular complexity index is 377. The molecule has 0 heterocycles. The molecule has 0 bridgehead atoms. The molecule has 0 aliphatic heterocycles. The molecule has 0 unspecified atom stereocenters. The van der Waals surface area contributed by atoms with E-state index in [0.717, 1.165) is 15.0 Å². The maximum absolute atomic E-state index is 9.93. The second-order valence-electron chi connectivity index (χ2n) is 3.31. The first kappa shape index (κ1) is 14.5. The van der Waals surface area contributed by atoms with Crippen LogP contribution in [0.3, 0.4) is 0 Å². The number of hydrogen-bond acceptors (Lipinski definition) is 2. The third-order valence-corrected chi connectivity index (χ3v) is 4.00. The molecule has 1 rings (SSSR count). The molecule has 2 nitrogen and oxygen atoms in total. The molecule has 0 fully saturated rings. The summed E-state index contributed by atoms with van der Waals surface area (Å²) in [5.74, 6) is 5.05. The molecule has 83 valence electrons. The summed E-state index contributed by atoms with van der Waals surface area (Å²) in [6.45, 7) is 1.62. The average Bonchev–Trinajstić information content (AvgIpc) is 2.71. The Morgan fingerprint density at radius 1 is 1.47 bits per heavy atom. The van der Waals surface area contributed by atoms with Crippen molar-refractivity contribution in [2.75, 3.05) is 13.3 Å². The predicted octanol–water partition coefficient (Wildman–Crippen LogP) is 2.64. The standard InChI is InChI=1S/C5H7O2P.C5H5.CH3.Mn/c1-8(2,5-7)4-3-6;1-2-4-5-3-1;;/h4H,1-2H3;1-3H,4H2;1H3;. The van der Waals surface area contributed by atoms with Crippen LogP contribution < -0.4 is 0 Å². The summed E-state index contributed by atoms with van der Waals surface area (Å²) in [5, 5.41) is 0. The number of allylic oxidation sites excluding steroid dienone is 4. The zero-order valence-electron chi connectivity index (χ0n) is 9.16. The molecule has 0 aromatic carbocycles. The summed E-state index contributed by atoms with van der Waals surface area (Å²) < 4.78 is 1.59. The van der Waals surface area contributed by atoms with Gasteiger partial charge >= 0.3 is 49.9 Å². The van der Waals surface area contributed by atoms with E-state index in [1.807, 2.05) is 0 Å². The molecule has 0 radical (unpaired) electrons. The molecule has 0 spiro atoms. The number of rotatable bonds is 2. The van der Waals surface area contributed by atoms with Crippen molar-refractivity contribution in [3.63, 3.8) is 0 Å². The van der Waals surface area contributed by atoms with E-state index >= 15 is 0 Å². The molecule has 0 saturated heterocycles. The van der Waals surface area contributed by atoms with E-state index in [-0.39, 0.29) is 0 Å². The van der Waals surface area contributed by atoms with Crippen LogP contribution in [0.15, 0.2) is 28.5 Å². The molecule has 1 aliphatic carbocycles. The van der Waals surface area contributed by atoms with Gasteiger partial charge in [0, 0.05) is 12.7 Å². The van der Waals surface area contributed by atoms with Crippen LogP contribution in [0.25, 0.3) is 0 Å². The van der Waals surface area contributed by atoms with Crippen molar-refractivity contribution >= 4 is 18.5 Å². The van der Waals surface area contributed by atoms with Crippen LogP contribution in [-0.4, -0.2) is 24.9 Å². The molecule has 0 saturated carbocycles. The second-order valence-corrected chi connectivity index (χ2v) is 8.18. The normalized spacial score (nSPS) is 13.1. The summed E-state index contributed by atoms with van der Waals surface area (Å²) >= 11 is 0.984. The van der Waals surface area contributed by atoms with Gasteiger partial charge in [-0.2, -0.15) is 0 Å². The van der Waals surface area contributed by atoms with E-state index in [0.29, 0.717) is 0 Å². The predicted molar refractivity (Wildman–Crippen MR) is 62.4 cm³/mol. The summed E-state index contributed by atoms with van der Waals surface area (Å²) in [6, 6.07) is 0. The van der Waals surface area contributed by atoms with Crippen LogP contribution in [0.2, 0.25) is 5.82 Å². The van der Waals surface area contributed by atoms with E-state index < -0.39 is 6.89 Å². The van der Waals surface area contributed by atoms with Crippen molar-refractivity contribution in [1.29, 1.82) is 0 Å². The van der Waals surface area contributed by atoms with Crippen LogP contribution in [0.5, 0.6) is 0 Å². The zero-order chi connectivity index (χ0) is 11.7. The molecule has 15 heavy (non-hydrogen) atoms. The molecular formula is C11H15MnO2P. The van der Waals surface area contributed by atoms with Gasteiger partial charge < -0.3 is 0 Å². The van der Waals surface area contributed by atoms with Crippen LogP contribution in [0.4, 0.5) is 0 Å². The van der Waals surface area contributed by atoms with E-state index in [9.17, 15) is 9.59 Å². The Morgan fingerprint density at radius 2 is 2.13 bits per heavy atom. The first-order valence-corrected chi connectivity index (χ1v) is 8.88. The molecule has 0 aromatic heterocycles. The van der Waals surface area contributed by atoms with Gasteiger partial charge in [-0.3, -0.25) is 0 Å². The Balaban J connectivity index is 0.000000262. The topological polar surface area (TPSA) is 34.1 Å². The fraction of sp³-hybridized carbons (Fsp3) is 0.364. The van der Waals surface area contributed by atoms with Gasteiger partial charge in [0.05, 0.1) is 0 Å². The van der Waals surface area contributed by atoms with Crippen molar-refractivity contribution < 1.29 is 24.5 Å². The fourth-order valence-electron chi connectivity index (χ4n) is 0.719. The minimum absolute atomic E-state index is 0.984. The van der Waals surface area contributed by atoms with Crippen LogP contribution in [0.1, 0.15) is 6.42 Å². The first-order valence-electron chi connectivity index (χ1n) is 4.36. The summed E-state index contributed by atoms with van der Waals surface area (Å²) in [4.78, 5) is 19.6. The van der Waals surface area contributed by atoms with Gasteiger partial charge in [-0.1, -0.05) is 0 Å². The Morgan fingerprint density at radius 3 is 2.33 bits per heavy atom. The zero-order valence-corrected chi connectivity index (χ0v) is 11.2. The van der Waals surface area contributed by atoms with Gasteiger partial charge in [-0.15, -0.1) is 0 Å². The first-order chi connectivity index (χ1) is 7.05. The van der Waals surface area contributed by atoms with Gasteiger partial charge in [-0.25, -0.2) is 9.59 Å². The second kappa shape index (κ2) is 7.71. The van der Waals surface area contributed by atoms with Gasteiger partial charge in [0.25, 0.3) is 0 Å². The van der Waals surface area contributed by atoms with Gasteiger partial charge in [0.2, 0.25) is 0 Å². The van der Waals surface area contributed by atoms with Gasteiger partial charge in [0.1, 0.15) is 11.6 Å². The minimum atomic E-state index is -1.78. The molecule has 0 aromatic rings.